The van der Waals surface area contributed by atoms with Crippen LogP contribution in [0.1, 0.15) is 11.3 Å². The van der Waals surface area contributed by atoms with E-state index in [0.29, 0.717) is 6.07 Å². The molecule has 2 aromatic rings. The minimum atomic E-state index is -4.68. The van der Waals surface area contributed by atoms with Crippen LogP contribution in [0.2, 0.25) is 0 Å². The SMILES string of the molecule is N#Cc1ccn2c(=O)cc(C(F)(F)F)nc2c1. The van der Waals surface area contributed by atoms with Gasteiger partial charge in [0.05, 0.1) is 11.6 Å². The highest BCUT2D eigenvalue weighted by molar-refractivity contribution is 5.46. The summed E-state index contributed by atoms with van der Waals surface area (Å²) in [6, 6.07) is 4.62. The van der Waals surface area contributed by atoms with Crippen molar-refractivity contribution >= 4 is 5.65 Å². The second-order valence-electron chi connectivity index (χ2n) is 3.23. The van der Waals surface area contributed by atoms with Gasteiger partial charge in [-0.25, -0.2) is 4.98 Å². The van der Waals surface area contributed by atoms with Gasteiger partial charge in [-0.1, -0.05) is 0 Å². The Morgan fingerprint density at radius 3 is 2.65 bits per heavy atom. The normalized spacial score (nSPS) is 11.4. The fraction of sp³-hybridized carbons (Fsp3) is 0.100. The first-order valence-corrected chi connectivity index (χ1v) is 4.42. The first kappa shape index (κ1) is 11.1. The molecule has 0 N–H and O–H groups in total. The molecule has 0 saturated carbocycles. The lowest BCUT2D eigenvalue weighted by atomic mass is 10.3. The van der Waals surface area contributed by atoms with Crippen LogP contribution in [-0.4, -0.2) is 9.38 Å². The van der Waals surface area contributed by atoms with Gasteiger partial charge in [-0.2, -0.15) is 18.4 Å². The smallest absolute Gasteiger partial charge is 0.269 e. The molecule has 0 aromatic carbocycles. The van der Waals surface area contributed by atoms with Crippen molar-refractivity contribution in [2.75, 3.05) is 0 Å². The van der Waals surface area contributed by atoms with Crippen molar-refractivity contribution in [1.82, 2.24) is 9.38 Å². The summed E-state index contributed by atoms with van der Waals surface area (Å²) in [4.78, 5) is 14.7. The Hall–Kier alpha value is -2.36. The molecule has 0 radical (unpaired) electrons. The van der Waals surface area contributed by atoms with Crippen molar-refractivity contribution in [3.63, 3.8) is 0 Å². The zero-order chi connectivity index (χ0) is 12.6. The summed E-state index contributed by atoms with van der Waals surface area (Å²) in [5.41, 5.74) is -2.18. The van der Waals surface area contributed by atoms with Crippen molar-refractivity contribution < 1.29 is 13.2 Å². The fourth-order valence-corrected chi connectivity index (χ4v) is 1.32. The lowest BCUT2D eigenvalue weighted by Gasteiger charge is -2.06. The number of alkyl halides is 3. The predicted molar refractivity (Wildman–Crippen MR) is 51.2 cm³/mol. The quantitative estimate of drug-likeness (QED) is 0.701. The maximum Gasteiger partial charge on any atom is 0.433 e. The van der Waals surface area contributed by atoms with Crippen LogP contribution in [0.25, 0.3) is 5.65 Å². The summed E-state index contributed by atoms with van der Waals surface area (Å²) in [5.74, 6) is 0. The topological polar surface area (TPSA) is 58.2 Å². The van der Waals surface area contributed by atoms with Gasteiger partial charge in [0, 0.05) is 12.3 Å². The number of fused-ring (bicyclic) bond motifs is 1. The molecule has 0 aliphatic heterocycles. The van der Waals surface area contributed by atoms with Crippen molar-refractivity contribution in [1.29, 1.82) is 5.26 Å². The average Bonchev–Trinajstić information content (AvgIpc) is 2.27. The third-order valence-corrected chi connectivity index (χ3v) is 2.09. The van der Waals surface area contributed by atoms with E-state index < -0.39 is 17.4 Å². The Bertz CT molecular complexity index is 682. The number of nitrogens with zero attached hydrogens (tertiary/aromatic N) is 3. The molecule has 0 aliphatic carbocycles. The molecule has 2 rings (SSSR count). The van der Waals surface area contributed by atoms with Crippen molar-refractivity contribution in [3.8, 4) is 6.07 Å². The van der Waals surface area contributed by atoms with E-state index in [1.54, 1.807) is 6.07 Å². The van der Waals surface area contributed by atoms with Crippen LogP contribution in [0.15, 0.2) is 29.2 Å². The maximum atomic E-state index is 12.4. The number of aromatic nitrogens is 2. The van der Waals surface area contributed by atoms with Crippen molar-refractivity contribution in [2.45, 2.75) is 6.18 Å². The second-order valence-corrected chi connectivity index (χ2v) is 3.23. The van der Waals surface area contributed by atoms with Gasteiger partial charge in [0.25, 0.3) is 5.56 Å². The van der Waals surface area contributed by atoms with E-state index in [9.17, 15) is 18.0 Å². The molecule has 0 unspecified atom stereocenters. The summed E-state index contributed by atoms with van der Waals surface area (Å²) in [6.45, 7) is 0. The molecule has 2 heterocycles. The molecule has 2 aromatic heterocycles. The summed E-state index contributed by atoms with van der Waals surface area (Å²) < 4.78 is 38.1. The van der Waals surface area contributed by atoms with Gasteiger partial charge >= 0.3 is 6.18 Å². The first-order chi connectivity index (χ1) is 7.91. The van der Waals surface area contributed by atoms with Crippen LogP contribution in [0.5, 0.6) is 0 Å². The highest BCUT2D eigenvalue weighted by Gasteiger charge is 2.33. The van der Waals surface area contributed by atoms with Crippen LogP contribution in [0.3, 0.4) is 0 Å². The Morgan fingerprint density at radius 1 is 1.35 bits per heavy atom. The Labute approximate surface area is 92.6 Å². The van der Waals surface area contributed by atoms with Crippen LogP contribution >= 0.6 is 0 Å². The van der Waals surface area contributed by atoms with Gasteiger partial charge in [-0.05, 0) is 12.1 Å². The van der Waals surface area contributed by atoms with E-state index in [0.717, 1.165) is 10.5 Å². The molecular weight excluding hydrogens is 235 g/mol. The fourth-order valence-electron chi connectivity index (χ4n) is 1.32. The van der Waals surface area contributed by atoms with Crippen molar-refractivity contribution in [2.24, 2.45) is 0 Å². The highest BCUT2D eigenvalue weighted by Crippen LogP contribution is 2.26. The third-order valence-electron chi connectivity index (χ3n) is 2.09. The molecule has 0 amide bonds. The highest BCUT2D eigenvalue weighted by atomic mass is 19.4. The average molecular weight is 239 g/mol. The molecule has 86 valence electrons. The van der Waals surface area contributed by atoms with Crippen LogP contribution in [0, 0.1) is 11.3 Å². The van der Waals surface area contributed by atoms with Gasteiger partial charge in [0.2, 0.25) is 0 Å². The minimum Gasteiger partial charge on any atom is -0.269 e. The summed E-state index contributed by atoms with van der Waals surface area (Å²) >= 11 is 0. The van der Waals surface area contributed by atoms with E-state index in [4.69, 9.17) is 5.26 Å². The van der Waals surface area contributed by atoms with Gasteiger partial charge < -0.3 is 0 Å². The number of hydrogen-bond acceptors (Lipinski definition) is 3. The number of nitriles is 1. The van der Waals surface area contributed by atoms with E-state index in [2.05, 4.69) is 4.98 Å². The number of rotatable bonds is 0. The van der Waals surface area contributed by atoms with Gasteiger partial charge in [0.15, 0.2) is 5.69 Å². The molecule has 0 saturated heterocycles. The van der Waals surface area contributed by atoms with E-state index in [1.807, 2.05) is 0 Å². The molecule has 17 heavy (non-hydrogen) atoms. The lowest BCUT2D eigenvalue weighted by Crippen LogP contribution is -2.19. The standard InChI is InChI=1S/C10H4F3N3O/c11-10(12,13)7-4-9(17)16-2-1-6(5-14)3-8(16)15-7/h1-4H. The molecule has 4 nitrogen and oxygen atoms in total. The Kier molecular flexibility index (Phi) is 2.35. The zero-order valence-corrected chi connectivity index (χ0v) is 8.19. The molecule has 0 bridgehead atoms. The van der Waals surface area contributed by atoms with Crippen LogP contribution in [0.4, 0.5) is 13.2 Å². The molecule has 0 atom stereocenters. The van der Waals surface area contributed by atoms with Gasteiger partial charge in [-0.15, -0.1) is 0 Å². The Morgan fingerprint density at radius 2 is 2.06 bits per heavy atom. The molecule has 0 spiro atoms. The summed E-state index contributed by atoms with van der Waals surface area (Å²) in [7, 11) is 0. The maximum absolute atomic E-state index is 12.4. The van der Waals surface area contributed by atoms with Crippen LogP contribution < -0.4 is 5.56 Å². The van der Waals surface area contributed by atoms with E-state index in [-0.39, 0.29) is 11.2 Å². The van der Waals surface area contributed by atoms with Crippen molar-refractivity contribution in [3.05, 3.63) is 46.0 Å². The van der Waals surface area contributed by atoms with Crippen LogP contribution in [-0.2, 0) is 6.18 Å². The Balaban J connectivity index is 2.80. The largest absolute Gasteiger partial charge is 0.433 e. The first-order valence-electron chi connectivity index (χ1n) is 4.42. The van der Waals surface area contributed by atoms with E-state index in [1.165, 1.54) is 12.3 Å². The zero-order valence-electron chi connectivity index (χ0n) is 8.19. The number of hydrogen-bond donors (Lipinski definition) is 0. The molecule has 0 fully saturated rings. The third kappa shape index (κ3) is 1.97. The predicted octanol–water partition coefficient (Wildman–Crippen LogP) is 1.58. The molecule has 0 aliphatic rings. The van der Waals surface area contributed by atoms with E-state index >= 15 is 0 Å². The number of pyridine rings is 1. The molecule has 7 heteroatoms. The number of halogens is 3. The minimum absolute atomic E-state index is 0.135. The monoisotopic (exact) mass is 239 g/mol. The lowest BCUT2D eigenvalue weighted by molar-refractivity contribution is -0.141. The second kappa shape index (κ2) is 3.59. The summed E-state index contributed by atoms with van der Waals surface area (Å²) in [6.07, 6.45) is -3.47. The summed E-state index contributed by atoms with van der Waals surface area (Å²) in [5, 5.41) is 8.61. The van der Waals surface area contributed by atoms with Gasteiger partial charge in [-0.3, -0.25) is 9.20 Å². The van der Waals surface area contributed by atoms with Gasteiger partial charge in [0.1, 0.15) is 5.65 Å². The molecular formula is C10H4F3N3O.